The molecule has 2 rings (SSSR count). The van der Waals surface area contributed by atoms with Crippen LogP contribution in [0.1, 0.15) is 12.8 Å². The molecule has 1 N–H and O–H groups in total. The van der Waals surface area contributed by atoms with Crippen LogP contribution >= 0.6 is 0 Å². The van der Waals surface area contributed by atoms with Crippen molar-refractivity contribution in [2.75, 3.05) is 23.3 Å². The molecular weight excluding hydrogens is 202 g/mol. The van der Waals surface area contributed by atoms with Crippen molar-refractivity contribution in [2.24, 2.45) is 0 Å². The third kappa shape index (κ3) is 2.21. The summed E-state index contributed by atoms with van der Waals surface area (Å²) in [6, 6.07) is 3.68. The number of pyridine rings is 1. The van der Waals surface area contributed by atoms with Crippen LogP contribution in [0.25, 0.3) is 0 Å². The maximum atomic E-state index is 11.3. The summed E-state index contributed by atoms with van der Waals surface area (Å²) in [7, 11) is 0. The topological polar surface area (TPSA) is 45.2 Å². The Labute approximate surface area is 95.0 Å². The van der Waals surface area contributed by atoms with E-state index in [1.807, 2.05) is 12.1 Å². The third-order valence-corrected chi connectivity index (χ3v) is 2.64. The minimum absolute atomic E-state index is 0.201. The number of hydrogen-bond donors (Lipinski definition) is 1. The van der Waals surface area contributed by atoms with Crippen LogP contribution in [0.3, 0.4) is 0 Å². The van der Waals surface area contributed by atoms with Gasteiger partial charge < -0.3 is 10.2 Å². The highest BCUT2D eigenvalue weighted by molar-refractivity contribution is 6.00. The van der Waals surface area contributed by atoms with Crippen LogP contribution < -0.4 is 10.2 Å². The van der Waals surface area contributed by atoms with E-state index < -0.39 is 0 Å². The maximum absolute atomic E-state index is 11.3. The van der Waals surface area contributed by atoms with Gasteiger partial charge in [0.15, 0.2) is 5.82 Å². The van der Waals surface area contributed by atoms with Crippen LogP contribution in [0.15, 0.2) is 31.0 Å². The molecule has 0 saturated carbocycles. The Balaban J connectivity index is 2.22. The zero-order valence-electron chi connectivity index (χ0n) is 9.15. The van der Waals surface area contributed by atoms with Gasteiger partial charge in [0.25, 0.3) is 0 Å². The molecule has 0 radical (unpaired) electrons. The Morgan fingerprint density at radius 1 is 1.50 bits per heavy atom. The minimum Gasteiger partial charge on any atom is -0.355 e. The summed E-state index contributed by atoms with van der Waals surface area (Å²) in [4.78, 5) is 17.8. The molecular formula is C12H15N3O. The average Bonchev–Trinajstić information content (AvgIpc) is 2.83. The van der Waals surface area contributed by atoms with Crippen molar-refractivity contribution in [1.29, 1.82) is 0 Å². The number of carbonyl (C=O) groups excluding carboxylic acids is 1. The SMILES string of the molecule is C=CC(=O)Nc1cccnc1N1CCCC1. The van der Waals surface area contributed by atoms with E-state index in [1.54, 1.807) is 6.20 Å². The number of rotatable bonds is 3. The van der Waals surface area contributed by atoms with Gasteiger partial charge in [-0.1, -0.05) is 6.58 Å². The first-order chi connectivity index (χ1) is 7.81. The quantitative estimate of drug-likeness (QED) is 0.785. The molecule has 1 amide bonds. The van der Waals surface area contributed by atoms with Crippen LogP contribution in [-0.2, 0) is 4.79 Å². The summed E-state index contributed by atoms with van der Waals surface area (Å²) in [6.45, 7) is 5.45. The summed E-state index contributed by atoms with van der Waals surface area (Å²) < 4.78 is 0. The summed E-state index contributed by atoms with van der Waals surface area (Å²) >= 11 is 0. The summed E-state index contributed by atoms with van der Waals surface area (Å²) in [5, 5.41) is 2.78. The fourth-order valence-electron chi connectivity index (χ4n) is 1.86. The molecule has 1 aliphatic rings. The Kier molecular flexibility index (Phi) is 3.19. The van der Waals surface area contributed by atoms with Crippen molar-refractivity contribution in [3.8, 4) is 0 Å². The molecule has 1 aromatic rings. The van der Waals surface area contributed by atoms with Gasteiger partial charge in [-0.2, -0.15) is 0 Å². The van der Waals surface area contributed by atoms with Gasteiger partial charge in [0.2, 0.25) is 5.91 Å². The number of nitrogens with one attached hydrogen (secondary N) is 1. The van der Waals surface area contributed by atoms with Crippen molar-refractivity contribution < 1.29 is 4.79 Å². The summed E-state index contributed by atoms with van der Waals surface area (Å²) in [5.41, 5.74) is 0.759. The molecule has 0 unspecified atom stereocenters. The molecule has 4 heteroatoms. The number of anilines is 2. The van der Waals surface area contributed by atoms with Crippen molar-refractivity contribution in [2.45, 2.75) is 12.8 Å². The molecule has 0 aromatic carbocycles. The van der Waals surface area contributed by atoms with E-state index in [9.17, 15) is 4.79 Å². The number of hydrogen-bond acceptors (Lipinski definition) is 3. The van der Waals surface area contributed by atoms with Crippen LogP contribution in [0.5, 0.6) is 0 Å². The van der Waals surface area contributed by atoms with Crippen LogP contribution in [0, 0.1) is 0 Å². The third-order valence-electron chi connectivity index (χ3n) is 2.64. The predicted octanol–water partition coefficient (Wildman–Crippen LogP) is 1.81. The minimum atomic E-state index is -0.201. The first-order valence-corrected chi connectivity index (χ1v) is 5.44. The normalized spacial score (nSPS) is 14.9. The van der Waals surface area contributed by atoms with E-state index in [2.05, 4.69) is 21.8 Å². The molecule has 1 fully saturated rings. The van der Waals surface area contributed by atoms with Crippen molar-refractivity contribution in [1.82, 2.24) is 4.98 Å². The largest absolute Gasteiger partial charge is 0.355 e. The molecule has 2 heterocycles. The zero-order valence-corrected chi connectivity index (χ0v) is 9.15. The maximum Gasteiger partial charge on any atom is 0.247 e. The number of amides is 1. The van der Waals surface area contributed by atoms with E-state index >= 15 is 0 Å². The summed E-state index contributed by atoms with van der Waals surface area (Å²) in [6.07, 6.45) is 5.38. The Morgan fingerprint density at radius 3 is 2.94 bits per heavy atom. The second-order valence-corrected chi connectivity index (χ2v) is 3.76. The Hall–Kier alpha value is -1.84. The lowest BCUT2D eigenvalue weighted by Gasteiger charge is -2.19. The lowest BCUT2D eigenvalue weighted by Crippen LogP contribution is -2.21. The fourth-order valence-corrected chi connectivity index (χ4v) is 1.86. The average molecular weight is 217 g/mol. The molecule has 0 atom stereocenters. The lowest BCUT2D eigenvalue weighted by molar-refractivity contribution is -0.111. The van der Waals surface area contributed by atoms with Gasteiger partial charge in [-0.15, -0.1) is 0 Å². The van der Waals surface area contributed by atoms with Crippen LogP contribution in [-0.4, -0.2) is 24.0 Å². The van der Waals surface area contributed by atoms with E-state index in [0.29, 0.717) is 0 Å². The van der Waals surface area contributed by atoms with Gasteiger partial charge in [0.1, 0.15) is 0 Å². The highest BCUT2D eigenvalue weighted by Crippen LogP contribution is 2.25. The molecule has 0 spiro atoms. The van der Waals surface area contributed by atoms with E-state index in [-0.39, 0.29) is 5.91 Å². The molecule has 0 bridgehead atoms. The van der Waals surface area contributed by atoms with Crippen LogP contribution in [0.4, 0.5) is 11.5 Å². The van der Waals surface area contributed by atoms with E-state index in [0.717, 1.165) is 24.6 Å². The van der Waals surface area contributed by atoms with Gasteiger partial charge in [0.05, 0.1) is 5.69 Å². The second-order valence-electron chi connectivity index (χ2n) is 3.76. The number of nitrogens with zero attached hydrogens (tertiary/aromatic N) is 2. The number of carbonyl (C=O) groups is 1. The Bertz CT molecular complexity index is 397. The molecule has 0 aliphatic carbocycles. The van der Waals surface area contributed by atoms with E-state index in [4.69, 9.17) is 0 Å². The van der Waals surface area contributed by atoms with Crippen molar-refractivity contribution in [3.05, 3.63) is 31.0 Å². The van der Waals surface area contributed by atoms with Crippen molar-refractivity contribution in [3.63, 3.8) is 0 Å². The predicted molar refractivity (Wildman–Crippen MR) is 64.5 cm³/mol. The van der Waals surface area contributed by atoms with E-state index in [1.165, 1.54) is 18.9 Å². The molecule has 4 nitrogen and oxygen atoms in total. The monoisotopic (exact) mass is 217 g/mol. The molecule has 1 aromatic heterocycles. The van der Waals surface area contributed by atoms with Gasteiger partial charge in [-0.3, -0.25) is 4.79 Å². The Morgan fingerprint density at radius 2 is 2.25 bits per heavy atom. The van der Waals surface area contributed by atoms with Gasteiger partial charge in [0, 0.05) is 19.3 Å². The van der Waals surface area contributed by atoms with Crippen LogP contribution in [0.2, 0.25) is 0 Å². The first-order valence-electron chi connectivity index (χ1n) is 5.44. The molecule has 16 heavy (non-hydrogen) atoms. The van der Waals surface area contributed by atoms with Gasteiger partial charge in [-0.25, -0.2) is 4.98 Å². The highest BCUT2D eigenvalue weighted by Gasteiger charge is 2.17. The van der Waals surface area contributed by atoms with Gasteiger partial charge in [-0.05, 0) is 31.1 Å². The molecule has 84 valence electrons. The van der Waals surface area contributed by atoms with Crippen molar-refractivity contribution >= 4 is 17.4 Å². The fraction of sp³-hybridized carbons (Fsp3) is 0.333. The molecule has 1 saturated heterocycles. The first kappa shape index (κ1) is 10.7. The lowest BCUT2D eigenvalue weighted by atomic mass is 10.3. The zero-order chi connectivity index (χ0) is 11.4. The molecule has 1 aliphatic heterocycles. The smallest absolute Gasteiger partial charge is 0.247 e. The summed E-state index contributed by atoms with van der Waals surface area (Å²) in [5.74, 6) is 0.656. The second kappa shape index (κ2) is 4.79. The van der Waals surface area contributed by atoms with Gasteiger partial charge >= 0.3 is 0 Å². The highest BCUT2D eigenvalue weighted by atomic mass is 16.1. The standard InChI is InChI=1S/C12H15N3O/c1-2-11(16)14-10-6-5-7-13-12(10)15-8-3-4-9-15/h2,5-7H,1,3-4,8-9H2,(H,14,16). The number of aromatic nitrogens is 1.